The maximum absolute atomic E-state index is 11.6. The van der Waals surface area contributed by atoms with Gasteiger partial charge < -0.3 is 5.73 Å². The van der Waals surface area contributed by atoms with E-state index in [2.05, 4.69) is 4.99 Å². The van der Waals surface area contributed by atoms with Crippen LogP contribution in [0.4, 0.5) is 0 Å². The van der Waals surface area contributed by atoms with Crippen LogP contribution in [0.1, 0.15) is 30.9 Å². The normalized spacial score (nSPS) is 11.7. The monoisotopic (exact) mass is 280 g/mol. The van der Waals surface area contributed by atoms with Crippen LogP contribution in [0.25, 0.3) is 0 Å². The molecule has 0 heterocycles. The number of aliphatic imine (C=N–C) groups is 1. The quantitative estimate of drug-likeness (QED) is 0.812. The molecule has 0 spiro atoms. The summed E-state index contributed by atoms with van der Waals surface area (Å²) in [4.78, 5) is 16.3. The van der Waals surface area contributed by atoms with Crippen LogP contribution in [0.3, 0.4) is 0 Å². The number of amides is 1. The van der Waals surface area contributed by atoms with Gasteiger partial charge in [0.25, 0.3) is 0 Å². The Morgan fingerprint density at radius 3 is 1.86 bits per heavy atom. The van der Waals surface area contributed by atoms with E-state index in [4.69, 9.17) is 5.73 Å². The van der Waals surface area contributed by atoms with E-state index in [-0.39, 0.29) is 5.91 Å². The molecule has 0 aliphatic rings. The summed E-state index contributed by atoms with van der Waals surface area (Å²) in [5.41, 5.74) is 8.28. The average molecular weight is 280 g/mol. The second-order valence-electron chi connectivity index (χ2n) is 4.92. The first-order valence-electron chi connectivity index (χ1n) is 7.20. The highest BCUT2D eigenvalue weighted by Gasteiger charge is 2.15. The molecule has 2 N–H and O–H groups in total. The smallest absolute Gasteiger partial charge is 0.242 e. The van der Waals surface area contributed by atoms with Gasteiger partial charge in [-0.25, -0.2) is 0 Å². The molecular weight excluding hydrogens is 260 g/mol. The van der Waals surface area contributed by atoms with Crippen molar-refractivity contribution >= 4 is 11.6 Å². The number of nitrogens with two attached hydrogens (primary N) is 1. The zero-order valence-corrected chi connectivity index (χ0v) is 12.2. The molecule has 1 unspecified atom stereocenters. The van der Waals surface area contributed by atoms with E-state index >= 15 is 0 Å². The van der Waals surface area contributed by atoms with Crippen LogP contribution in [0.5, 0.6) is 0 Å². The molecule has 0 bridgehead atoms. The van der Waals surface area contributed by atoms with Gasteiger partial charge in [0.2, 0.25) is 5.91 Å². The Labute approximate surface area is 125 Å². The molecule has 2 rings (SSSR count). The van der Waals surface area contributed by atoms with Crippen LogP contribution in [0.15, 0.2) is 65.7 Å². The molecule has 3 heteroatoms. The van der Waals surface area contributed by atoms with Gasteiger partial charge in [0.15, 0.2) is 0 Å². The summed E-state index contributed by atoms with van der Waals surface area (Å²) in [6, 6.07) is 19.3. The number of hydrogen-bond acceptors (Lipinski definition) is 2. The predicted molar refractivity (Wildman–Crippen MR) is 86.4 cm³/mol. The van der Waals surface area contributed by atoms with Gasteiger partial charge in [-0.2, -0.15) is 0 Å². The summed E-state index contributed by atoms with van der Waals surface area (Å²) in [5.74, 6) is -0.374. The number of nitrogens with zero attached hydrogens (tertiary/aromatic N) is 1. The van der Waals surface area contributed by atoms with Crippen molar-refractivity contribution in [1.82, 2.24) is 0 Å². The molecule has 1 amide bonds. The number of rotatable bonds is 6. The largest absolute Gasteiger partial charge is 0.368 e. The van der Waals surface area contributed by atoms with Gasteiger partial charge in [-0.15, -0.1) is 0 Å². The molecule has 1 atom stereocenters. The van der Waals surface area contributed by atoms with Crippen molar-refractivity contribution < 1.29 is 4.79 Å². The minimum absolute atomic E-state index is 0.374. The summed E-state index contributed by atoms with van der Waals surface area (Å²) < 4.78 is 0. The first kappa shape index (κ1) is 15.0. The van der Waals surface area contributed by atoms with Crippen LogP contribution in [-0.4, -0.2) is 17.7 Å². The van der Waals surface area contributed by atoms with Crippen molar-refractivity contribution in [2.75, 3.05) is 0 Å². The third kappa shape index (κ3) is 4.02. The van der Waals surface area contributed by atoms with Gasteiger partial charge in [0.05, 0.1) is 5.71 Å². The van der Waals surface area contributed by atoms with E-state index in [9.17, 15) is 4.79 Å². The number of benzene rings is 2. The number of hydrogen-bond donors (Lipinski definition) is 1. The maximum Gasteiger partial charge on any atom is 0.242 e. The lowest BCUT2D eigenvalue weighted by molar-refractivity contribution is -0.119. The molecule has 108 valence electrons. The molecule has 2 aromatic rings. The van der Waals surface area contributed by atoms with Gasteiger partial charge in [0, 0.05) is 11.1 Å². The molecular formula is C18H20N2O. The van der Waals surface area contributed by atoms with Gasteiger partial charge >= 0.3 is 0 Å². The van der Waals surface area contributed by atoms with Crippen molar-refractivity contribution in [2.24, 2.45) is 10.7 Å². The Balaban J connectivity index is 2.48. The Bertz CT molecular complexity index is 564. The van der Waals surface area contributed by atoms with Crippen LogP contribution >= 0.6 is 0 Å². The first-order valence-corrected chi connectivity index (χ1v) is 7.20. The highest BCUT2D eigenvalue weighted by molar-refractivity contribution is 6.13. The van der Waals surface area contributed by atoms with Crippen LogP contribution in [0, 0.1) is 0 Å². The van der Waals surface area contributed by atoms with E-state index in [1.54, 1.807) is 0 Å². The van der Waals surface area contributed by atoms with Crippen molar-refractivity contribution in [2.45, 2.75) is 25.8 Å². The molecule has 3 nitrogen and oxygen atoms in total. The zero-order valence-electron chi connectivity index (χ0n) is 12.2. The van der Waals surface area contributed by atoms with Gasteiger partial charge in [-0.1, -0.05) is 74.0 Å². The molecule has 0 fully saturated rings. The number of carbonyl (C=O) groups is 1. The highest BCUT2D eigenvalue weighted by Crippen LogP contribution is 2.14. The van der Waals surface area contributed by atoms with Crippen molar-refractivity contribution in [3.8, 4) is 0 Å². The first-order chi connectivity index (χ1) is 10.2. The van der Waals surface area contributed by atoms with Crippen LogP contribution in [0.2, 0.25) is 0 Å². The molecule has 0 radical (unpaired) electrons. The second kappa shape index (κ2) is 7.39. The fourth-order valence-electron chi connectivity index (χ4n) is 2.21. The number of primary amides is 1. The van der Waals surface area contributed by atoms with Crippen LogP contribution < -0.4 is 5.73 Å². The lowest BCUT2D eigenvalue weighted by atomic mass is 10.0. The molecule has 0 aliphatic carbocycles. The average Bonchev–Trinajstić information content (AvgIpc) is 2.53. The standard InChI is InChI=1S/C18H20N2O/c1-2-9-16(18(19)21)20-17(14-10-5-3-6-11-14)15-12-7-4-8-13-15/h3-8,10-13,16H,2,9H2,1H3,(H2,19,21). The maximum atomic E-state index is 11.6. The van der Waals surface area contributed by atoms with Gasteiger partial charge in [0.1, 0.15) is 6.04 Å². The lowest BCUT2D eigenvalue weighted by Gasteiger charge is -2.12. The van der Waals surface area contributed by atoms with Gasteiger partial charge in [-0.3, -0.25) is 9.79 Å². The molecule has 0 aliphatic heterocycles. The topological polar surface area (TPSA) is 55.4 Å². The Kier molecular flexibility index (Phi) is 5.27. The molecule has 2 aromatic carbocycles. The van der Waals surface area contributed by atoms with Crippen LogP contribution in [-0.2, 0) is 4.79 Å². The fraction of sp³-hybridized carbons (Fsp3) is 0.222. The predicted octanol–water partition coefficient (Wildman–Crippen LogP) is 3.18. The third-order valence-corrected chi connectivity index (χ3v) is 3.27. The Morgan fingerprint density at radius 1 is 1.00 bits per heavy atom. The Hall–Kier alpha value is -2.42. The van der Waals surface area contributed by atoms with E-state index in [0.717, 1.165) is 23.3 Å². The summed E-state index contributed by atoms with van der Waals surface area (Å²) >= 11 is 0. The lowest BCUT2D eigenvalue weighted by Crippen LogP contribution is -2.28. The molecule has 0 saturated heterocycles. The summed E-state index contributed by atoms with van der Waals surface area (Å²) in [6.07, 6.45) is 1.53. The third-order valence-electron chi connectivity index (χ3n) is 3.27. The summed E-state index contributed by atoms with van der Waals surface area (Å²) in [5, 5.41) is 0. The van der Waals surface area contributed by atoms with Crippen molar-refractivity contribution in [3.63, 3.8) is 0 Å². The van der Waals surface area contributed by atoms with Gasteiger partial charge in [-0.05, 0) is 6.42 Å². The molecule has 21 heavy (non-hydrogen) atoms. The zero-order chi connectivity index (χ0) is 15.1. The van der Waals surface area contributed by atoms with E-state index in [1.165, 1.54) is 0 Å². The van der Waals surface area contributed by atoms with Crippen molar-refractivity contribution in [1.29, 1.82) is 0 Å². The number of carbonyl (C=O) groups excluding carboxylic acids is 1. The minimum Gasteiger partial charge on any atom is -0.368 e. The summed E-state index contributed by atoms with van der Waals surface area (Å²) in [7, 11) is 0. The van der Waals surface area contributed by atoms with Crippen molar-refractivity contribution in [3.05, 3.63) is 71.8 Å². The highest BCUT2D eigenvalue weighted by atomic mass is 16.1. The minimum atomic E-state index is -0.481. The second-order valence-corrected chi connectivity index (χ2v) is 4.92. The van der Waals surface area contributed by atoms with E-state index < -0.39 is 6.04 Å². The molecule has 0 aromatic heterocycles. The molecule has 0 saturated carbocycles. The summed E-state index contributed by atoms with van der Waals surface area (Å²) in [6.45, 7) is 2.02. The Morgan fingerprint density at radius 2 is 1.48 bits per heavy atom. The van der Waals surface area contributed by atoms with E-state index in [1.807, 2.05) is 67.6 Å². The fourth-order valence-corrected chi connectivity index (χ4v) is 2.21. The van der Waals surface area contributed by atoms with E-state index in [0.29, 0.717) is 6.42 Å². The SMILES string of the molecule is CCCC(N=C(c1ccccc1)c1ccccc1)C(N)=O.